The zero-order valence-electron chi connectivity index (χ0n) is 21.1. The number of hydrogen-bond acceptors (Lipinski definition) is 7. The largest absolute Gasteiger partial charge is 0.416 e. The highest BCUT2D eigenvalue weighted by Gasteiger charge is 2.36. The third kappa shape index (κ3) is 11.0. The van der Waals surface area contributed by atoms with Crippen LogP contribution in [-0.2, 0) is 12.4 Å². The topological polar surface area (TPSA) is 73.9 Å². The summed E-state index contributed by atoms with van der Waals surface area (Å²) in [5.74, 6) is 1.74. The van der Waals surface area contributed by atoms with Crippen LogP contribution >= 0.6 is 12.6 Å². The molecule has 4 N–H and O–H groups in total. The van der Waals surface area contributed by atoms with Crippen LogP contribution in [0.4, 0.5) is 32.2 Å². The smallest absolute Gasteiger partial charge is 0.369 e. The molecular formula is C25H32F6N6S. The van der Waals surface area contributed by atoms with Gasteiger partial charge in [-0.05, 0) is 57.3 Å². The Morgan fingerprint density at radius 3 is 1.89 bits per heavy atom. The molecule has 2 aromatic carbocycles. The van der Waals surface area contributed by atoms with Crippen molar-refractivity contribution in [1.29, 1.82) is 0 Å². The van der Waals surface area contributed by atoms with Crippen molar-refractivity contribution < 1.29 is 26.3 Å². The van der Waals surface area contributed by atoms with E-state index in [1.165, 1.54) is 0 Å². The van der Waals surface area contributed by atoms with Crippen LogP contribution in [0.25, 0.3) is 10.9 Å². The molecule has 210 valence electrons. The number of aromatic nitrogens is 2. The summed E-state index contributed by atoms with van der Waals surface area (Å²) in [6.07, 6.45) is -8.54. The molecule has 1 aromatic heterocycles. The highest BCUT2D eigenvalue weighted by Crippen LogP contribution is 2.36. The summed E-state index contributed by atoms with van der Waals surface area (Å²) in [5.41, 5.74) is -1.72. The number of aryl methyl sites for hydroxylation is 1. The number of anilines is 1. The molecule has 2 heterocycles. The van der Waals surface area contributed by atoms with Gasteiger partial charge in [-0.1, -0.05) is 12.1 Å². The molecule has 0 unspecified atom stereocenters. The monoisotopic (exact) mass is 562 g/mol. The van der Waals surface area contributed by atoms with Gasteiger partial charge in [0, 0.05) is 43.0 Å². The van der Waals surface area contributed by atoms with Crippen LogP contribution in [0.5, 0.6) is 0 Å². The molecule has 0 bridgehead atoms. The van der Waals surface area contributed by atoms with E-state index in [2.05, 4.69) is 49.9 Å². The number of nitrogens with zero attached hydrogens (tertiary/aromatic N) is 2. The van der Waals surface area contributed by atoms with Gasteiger partial charge in [-0.3, -0.25) is 0 Å². The van der Waals surface area contributed by atoms with Gasteiger partial charge in [0.15, 0.2) is 0 Å². The van der Waals surface area contributed by atoms with E-state index in [1.54, 1.807) is 0 Å². The fourth-order valence-electron chi connectivity index (χ4n) is 3.34. The van der Waals surface area contributed by atoms with Crippen molar-refractivity contribution in [3.05, 3.63) is 59.4 Å². The van der Waals surface area contributed by atoms with E-state index >= 15 is 0 Å². The highest BCUT2D eigenvalue weighted by molar-refractivity contribution is 7.80. The molecule has 13 heteroatoms. The zero-order chi connectivity index (χ0) is 28.2. The zero-order valence-corrected chi connectivity index (χ0v) is 22.0. The molecule has 1 aliphatic heterocycles. The van der Waals surface area contributed by atoms with Crippen LogP contribution in [0.1, 0.15) is 23.4 Å². The van der Waals surface area contributed by atoms with Crippen LogP contribution in [0.3, 0.4) is 0 Å². The fraction of sp³-hybridized carbons (Fsp3) is 0.440. The summed E-state index contributed by atoms with van der Waals surface area (Å²) in [6, 6.07) is 9.22. The minimum absolute atomic E-state index is 0.0553. The minimum Gasteiger partial charge on any atom is -0.369 e. The maximum absolute atomic E-state index is 12.1. The summed E-state index contributed by atoms with van der Waals surface area (Å²) in [5, 5.41) is 14.0. The third-order valence-electron chi connectivity index (χ3n) is 5.14. The Labute approximate surface area is 223 Å². The Morgan fingerprint density at radius 1 is 0.842 bits per heavy atom. The Hall–Kier alpha value is -2.61. The number of hydrogen-bond donors (Lipinski definition) is 5. The van der Waals surface area contributed by atoms with Gasteiger partial charge in [0.2, 0.25) is 0 Å². The SMILES string of the molecule is C1CNCCN1.CNCCCNc1nc(C)nc2ccccc12.FC(F)(F)c1cc(S)cc(C(F)(F)F)c1. The number of para-hydroxylation sites is 1. The lowest BCUT2D eigenvalue weighted by Gasteiger charge is -2.12. The molecule has 3 aromatic rings. The molecule has 0 spiro atoms. The highest BCUT2D eigenvalue weighted by atomic mass is 32.1. The van der Waals surface area contributed by atoms with Crippen molar-refractivity contribution >= 4 is 29.3 Å². The lowest BCUT2D eigenvalue weighted by atomic mass is 10.1. The number of fused-ring (bicyclic) bond motifs is 1. The molecule has 38 heavy (non-hydrogen) atoms. The lowest BCUT2D eigenvalue weighted by Crippen LogP contribution is -2.39. The van der Waals surface area contributed by atoms with E-state index in [0.717, 1.165) is 68.2 Å². The summed E-state index contributed by atoms with van der Waals surface area (Å²) in [4.78, 5) is 8.50. The number of thiol groups is 1. The van der Waals surface area contributed by atoms with Gasteiger partial charge in [-0.2, -0.15) is 26.3 Å². The van der Waals surface area contributed by atoms with Crippen molar-refractivity contribution in [2.75, 3.05) is 51.6 Å². The number of rotatable bonds is 5. The standard InChI is InChI=1S/C13H18N4.C8H4F6S.C4H10N2/c1-10-16-12-7-4-3-6-11(12)13(17-10)15-9-5-8-14-2;9-7(10,11)4-1-5(8(12,13)14)3-6(15)2-4;1-2-6-4-3-5-1/h3-4,6-7,14H,5,8-9H2,1-2H3,(H,15,16,17);1-3,15H;5-6H,1-4H2. The third-order valence-corrected chi connectivity index (χ3v) is 5.40. The van der Waals surface area contributed by atoms with Gasteiger partial charge in [0.1, 0.15) is 11.6 Å². The predicted molar refractivity (Wildman–Crippen MR) is 141 cm³/mol. The van der Waals surface area contributed by atoms with Crippen molar-refractivity contribution in [2.24, 2.45) is 0 Å². The van der Waals surface area contributed by atoms with Gasteiger partial charge in [-0.25, -0.2) is 9.97 Å². The molecule has 1 fully saturated rings. The van der Waals surface area contributed by atoms with Crippen molar-refractivity contribution in [3.63, 3.8) is 0 Å². The van der Waals surface area contributed by atoms with E-state index in [9.17, 15) is 26.3 Å². The van der Waals surface area contributed by atoms with Crippen LogP contribution in [-0.4, -0.2) is 56.3 Å². The van der Waals surface area contributed by atoms with E-state index in [0.29, 0.717) is 12.1 Å². The normalized spacial score (nSPS) is 13.7. The number of halogens is 6. The second-order valence-corrected chi connectivity index (χ2v) is 8.80. The van der Waals surface area contributed by atoms with Crippen LogP contribution in [0.15, 0.2) is 47.4 Å². The average molecular weight is 563 g/mol. The summed E-state index contributed by atoms with van der Waals surface area (Å²) in [6.45, 7) is 8.40. The van der Waals surface area contributed by atoms with Crippen LogP contribution in [0, 0.1) is 6.92 Å². The first kappa shape index (κ1) is 31.6. The van der Waals surface area contributed by atoms with Gasteiger partial charge in [0.25, 0.3) is 0 Å². The Balaban J connectivity index is 0.000000221. The number of piperazine rings is 1. The Kier molecular flexibility index (Phi) is 12.6. The summed E-state index contributed by atoms with van der Waals surface area (Å²) >= 11 is 3.49. The van der Waals surface area contributed by atoms with Gasteiger partial charge < -0.3 is 21.3 Å². The maximum Gasteiger partial charge on any atom is 0.416 e. The second kappa shape index (κ2) is 15.1. The van der Waals surface area contributed by atoms with Gasteiger partial charge in [-0.15, -0.1) is 12.6 Å². The number of nitrogens with one attached hydrogen (secondary N) is 4. The first-order valence-electron chi connectivity index (χ1n) is 11.9. The van der Waals surface area contributed by atoms with Crippen LogP contribution < -0.4 is 21.3 Å². The molecule has 0 radical (unpaired) electrons. The van der Waals surface area contributed by atoms with Crippen molar-refractivity contribution in [1.82, 2.24) is 25.9 Å². The van der Waals surface area contributed by atoms with E-state index in [1.807, 2.05) is 32.2 Å². The Bertz CT molecular complexity index is 1090. The quantitative estimate of drug-likeness (QED) is 0.168. The minimum atomic E-state index is -4.81. The molecule has 4 rings (SSSR count). The molecule has 0 saturated carbocycles. The molecule has 1 saturated heterocycles. The summed E-state index contributed by atoms with van der Waals surface area (Å²) < 4.78 is 72.8. The molecular weight excluding hydrogens is 530 g/mol. The lowest BCUT2D eigenvalue weighted by molar-refractivity contribution is -0.143. The fourth-order valence-corrected chi connectivity index (χ4v) is 3.62. The summed E-state index contributed by atoms with van der Waals surface area (Å²) in [7, 11) is 1.96. The first-order valence-corrected chi connectivity index (χ1v) is 12.4. The van der Waals surface area contributed by atoms with Crippen LogP contribution in [0.2, 0.25) is 0 Å². The van der Waals surface area contributed by atoms with E-state index < -0.39 is 23.5 Å². The number of alkyl halides is 6. The van der Waals surface area contributed by atoms with Crippen molar-refractivity contribution in [2.45, 2.75) is 30.6 Å². The van der Waals surface area contributed by atoms with E-state index in [4.69, 9.17) is 0 Å². The molecule has 6 nitrogen and oxygen atoms in total. The number of benzene rings is 2. The molecule has 0 atom stereocenters. The predicted octanol–water partition coefficient (Wildman–Crippen LogP) is 5.15. The van der Waals surface area contributed by atoms with Crippen molar-refractivity contribution in [3.8, 4) is 0 Å². The molecule has 1 aliphatic rings. The Morgan fingerprint density at radius 2 is 1.39 bits per heavy atom. The maximum atomic E-state index is 12.1. The average Bonchev–Trinajstić information content (AvgIpc) is 2.87. The molecule has 0 amide bonds. The molecule has 0 aliphatic carbocycles. The van der Waals surface area contributed by atoms with E-state index in [-0.39, 0.29) is 11.0 Å². The first-order chi connectivity index (χ1) is 17.9. The second-order valence-electron chi connectivity index (χ2n) is 8.28. The van der Waals surface area contributed by atoms with Gasteiger partial charge >= 0.3 is 12.4 Å². The van der Waals surface area contributed by atoms with Gasteiger partial charge in [0.05, 0.1) is 16.6 Å².